The fraction of sp³-hybridized carbons (Fsp3) is 0.917. The maximum Gasteiger partial charge on any atom is 0.0814 e. The molecule has 4 bridgehead atoms. The molecule has 2 N–H and O–H groups in total. The van der Waals surface area contributed by atoms with Crippen LogP contribution < -0.4 is 0 Å². The summed E-state index contributed by atoms with van der Waals surface area (Å²) in [7, 11) is 4.13. The highest BCUT2D eigenvalue weighted by atomic mass is 16.5. The van der Waals surface area contributed by atoms with Gasteiger partial charge >= 0.3 is 0 Å². The molecule has 6 rings (SSSR count). The van der Waals surface area contributed by atoms with Crippen molar-refractivity contribution in [1.82, 2.24) is 4.90 Å². The van der Waals surface area contributed by atoms with E-state index in [1.54, 1.807) is 0 Å². The first-order valence-corrected chi connectivity index (χ1v) is 11.5. The van der Waals surface area contributed by atoms with Crippen LogP contribution in [0, 0.1) is 39.9 Å². The molecule has 0 saturated heterocycles. The Balaban J connectivity index is 1.77. The van der Waals surface area contributed by atoms with Gasteiger partial charge in [-0.15, -0.1) is 0 Å². The Morgan fingerprint density at radius 1 is 1.21 bits per heavy atom. The largest absolute Gasteiger partial charge is 0.392 e. The molecule has 0 aliphatic heterocycles. The number of nitrogens with zero attached hydrogens (tertiary/aromatic N) is 1. The number of rotatable bonds is 3. The summed E-state index contributed by atoms with van der Waals surface area (Å²) in [6.07, 6.45) is 4.70. The standard InChI is InChI=1S/C24H39NO3/c1-7-25(5)20-15-12-16-22(3,4)10-9-17(28-6)24(16,20)19-18(26)14-8-11-23(15,19)21(27)13(14)2/h14-21,26-27H,2,7-12H2,1,3-6H3/t14-,15+,16-,17+,18+,19+,20-,21-,23+,24-/m1/s1. The molecule has 6 saturated carbocycles. The average molecular weight is 390 g/mol. The molecular weight excluding hydrogens is 350 g/mol. The maximum absolute atomic E-state index is 11.7. The van der Waals surface area contributed by atoms with Crippen LogP contribution in [0.3, 0.4) is 0 Å². The number of aliphatic hydroxyl groups is 2. The topological polar surface area (TPSA) is 52.9 Å². The van der Waals surface area contributed by atoms with Crippen LogP contribution in [0.25, 0.3) is 0 Å². The van der Waals surface area contributed by atoms with Crippen LogP contribution in [-0.2, 0) is 4.74 Å². The average Bonchev–Trinajstić information content (AvgIpc) is 3.15. The molecule has 6 aliphatic carbocycles. The second kappa shape index (κ2) is 5.84. The number of aliphatic hydroxyl groups excluding tert-OH is 2. The van der Waals surface area contributed by atoms with E-state index in [2.05, 4.69) is 39.3 Å². The van der Waals surface area contributed by atoms with Crippen molar-refractivity contribution >= 4 is 0 Å². The van der Waals surface area contributed by atoms with E-state index in [0.717, 1.165) is 37.8 Å². The molecule has 10 atom stereocenters. The molecule has 0 radical (unpaired) electrons. The number of fused-ring (bicyclic) bond motifs is 3. The Hall–Kier alpha value is -0.420. The molecule has 4 heteroatoms. The Morgan fingerprint density at radius 3 is 2.57 bits per heavy atom. The lowest BCUT2D eigenvalue weighted by molar-refractivity contribution is -0.246. The molecule has 6 aliphatic rings. The molecule has 158 valence electrons. The van der Waals surface area contributed by atoms with E-state index >= 15 is 0 Å². The second-order valence-electron chi connectivity index (χ2n) is 11.4. The summed E-state index contributed by atoms with van der Waals surface area (Å²) in [4.78, 5) is 2.53. The highest BCUT2D eigenvalue weighted by Crippen LogP contribution is 2.82. The maximum atomic E-state index is 11.7. The molecule has 6 fully saturated rings. The predicted molar refractivity (Wildman–Crippen MR) is 110 cm³/mol. The third-order valence-electron chi connectivity index (χ3n) is 10.6. The summed E-state index contributed by atoms with van der Waals surface area (Å²) in [6, 6.07) is 0.367. The summed E-state index contributed by atoms with van der Waals surface area (Å²) in [5, 5.41) is 23.3. The fourth-order valence-electron chi connectivity index (χ4n) is 9.72. The van der Waals surface area contributed by atoms with Gasteiger partial charge in [-0.3, -0.25) is 0 Å². The smallest absolute Gasteiger partial charge is 0.0814 e. The first-order valence-electron chi connectivity index (χ1n) is 11.5. The lowest BCUT2D eigenvalue weighted by Crippen LogP contribution is -2.69. The molecule has 28 heavy (non-hydrogen) atoms. The predicted octanol–water partition coefficient (Wildman–Crippen LogP) is 3.08. The third kappa shape index (κ3) is 1.84. The van der Waals surface area contributed by atoms with Gasteiger partial charge in [-0.1, -0.05) is 27.4 Å². The van der Waals surface area contributed by atoms with Crippen molar-refractivity contribution in [1.29, 1.82) is 0 Å². The third-order valence-corrected chi connectivity index (χ3v) is 10.6. The van der Waals surface area contributed by atoms with Crippen molar-refractivity contribution in [2.75, 3.05) is 20.7 Å². The molecule has 0 aromatic rings. The van der Waals surface area contributed by atoms with Crippen LogP contribution >= 0.6 is 0 Å². The Kier molecular flexibility index (Phi) is 4.07. The zero-order chi connectivity index (χ0) is 20.2. The van der Waals surface area contributed by atoms with E-state index < -0.39 is 12.2 Å². The van der Waals surface area contributed by atoms with Gasteiger partial charge in [-0.25, -0.2) is 0 Å². The highest BCUT2D eigenvalue weighted by Gasteiger charge is 2.84. The van der Waals surface area contributed by atoms with Crippen LogP contribution in [0.5, 0.6) is 0 Å². The molecule has 0 unspecified atom stereocenters. The van der Waals surface area contributed by atoms with Gasteiger partial charge in [0.2, 0.25) is 0 Å². The lowest BCUT2D eigenvalue weighted by Gasteiger charge is -2.67. The van der Waals surface area contributed by atoms with Crippen LogP contribution in [-0.4, -0.2) is 60.2 Å². The number of ether oxygens (including phenoxy) is 1. The minimum Gasteiger partial charge on any atom is -0.392 e. The lowest BCUT2D eigenvalue weighted by atomic mass is 9.39. The first-order chi connectivity index (χ1) is 13.2. The molecule has 0 amide bonds. The molecule has 2 spiro atoms. The van der Waals surface area contributed by atoms with Crippen LogP contribution in [0.15, 0.2) is 12.2 Å². The summed E-state index contributed by atoms with van der Waals surface area (Å²) in [5.74, 6) is 1.11. The zero-order valence-corrected chi connectivity index (χ0v) is 18.3. The van der Waals surface area contributed by atoms with Crippen molar-refractivity contribution < 1.29 is 14.9 Å². The quantitative estimate of drug-likeness (QED) is 0.729. The molecule has 4 nitrogen and oxygen atoms in total. The van der Waals surface area contributed by atoms with Gasteiger partial charge in [0.1, 0.15) is 0 Å². The Morgan fingerprint density at radius 2 is 1.93 bits per heavy atom. The Bertz CT molecular complexity index is 691. The fourth-order valence-corrected chi connectivity index (χ4v) is 9.72. The Labute approximate surface area is 170 Å². The minimum absolute atomic E-state index is 0.0476. The van der Waals surface area contributed by atoms with Crippen molar-refractivity contribution in [3.05, 3.63) is 12.2 Å². The van der Waals surface area contributed by atoms with Gasteiger partial charge in [-0.05, 0) is 68.5 Å². The van der Waals surface area contributed by atoms with E-state index in [0.29, 0.717) is 17.9 Å². The van der Waals surface area contributed by atoms with E-state index in [4.69, 9.17) is 4.74 Å². The van der Waals surface area contributed by atoms with Gasteiger partial charge in [0.25, 0.3) is 0 Å². The number of hydrogen-bond donors (Lipinski definition) is 2. The van der Waals surface area contributed by atoms with Crippen molar-refractivity contribution in [2.24, 2.45) is 39.9 Å². The minimum atomic E-state index is -0.472. The molecule has 0 aromatic heterocycles. The van der Waals surface area contributed by atoms with E-state index in [-0.39, 0.29) is 34.2 Å². The molecule has 0 aromatic carbocycles. The van der Waals surface area contributed by atoms with Crippen molar-refractivity contribution in [3.8, 4) is 0 Å². The van der Waals surface area contributed by atoms with Gasteiger partial charge < -0.3 is 19.8 Å². The van der Waals surface area contributed by atoms with E-state index in [1.807, 2.05) is 7.11 Å². The molecular formula is C24H39NO3. The normalized spacial score (nSPS) is 56.2. The summed E-state index contributed by atoms with van der Waals surface area (Å²) in [5.41, 5.74) is 0.847. The zero-order valence-electron chi connectivity index (χ0n) is 18.3. The summed E-state index contributed by atoms with van der Waals surface area (Å²) < 4.78 is 6.27. The molecule has 0 heterocycles. The van der Waals surface area contributed by atoms with E-state index in [9.17, 15) is 10.2 Å². The van der Waals surface area contributed by atoms with Gasteiger partial charge in [0, 0.05) is 35.8 Å². The highest BCUT2D eigenvalue weighted by molar-refractivity contribution is 5.38. The van der Waals surface area contributed by atoms with Crippen molar-refractivity contribution in [3.63, 3.8) is 0 Å². The summed E-state index contributed by atoms with van der Waals surface area (Å²) >= 11 is 0. The SMILES string of the molecule is C=C1[C@H]2CC[C@]3([C@@H]1O)[C@H]1C[C@@H]4C(C)(C)CC[C@H](OC)[C@@]4([C@@H]1N(C)CC)[C@H]3[C@H]2O. The van der Waals surface area contributed by atoms with Gasteiger partial charge in [0.05, 0.1) is 18.3 Å². The first kappa shape index (κ1) is 19.5. The number of hydrogen-bond acceptors (Lipinski definition) is 4. The second-order valence-corrected chi connectivity index (χ2v) is 11.4. The summed E-state index contributed by atoms with van der Waals surface area (Å²) in [6.45, 7) is 12.4. The van der Waals surface area contributed by atoms with E-state index in [1.165, 1.54) is 6.42 Å². The van der Waals surface area contributed by atoms with Crippen LogP contribution in [0.4, 0.5) is 0 Å². The monoisotopic (exact) mass is 389 g/mol. The van der Waals surface area contributed by atoms with Crippen molar-refractivity contribution in [2.45, 2.75) is 77.2 Å². The number of methoxy groups -OCH3 is 1. The van der Waals surface area contributed by atoms with Gasteiger partial charge in [0.15, 0.2) is 0 Å². The van der Waals surface area contributed by atoms with Crippen LogP contribution in [0.2, 0.25) is 0 Å². The van der Waals surface area contributed by atoms with Gasteiger partial charge in [-0.2, -0.15) is 0 Å². The van der Waals surface area contributed by atoms with Crippen LogP contribution in [0.1, 0.15) is 52.9 Å².